The van der Waals surface area contributed by atoms with Crippen molar-refractivity contribution in [2.24, 2.45) is 0 Å². The number of hydrogen-bond donors (Lipinski definition) is 2. The summed E-state index contributed by atoms with van der Waals surface area (Å²) < 4.78 is 5.38. The maximum Gasteiger partial charge on any atom is 0.191 e. The Bertz CT molecular complexity index is 801. The molecule has 0 aliphatic heterocycles. The largest absolute Gasteiger partial charge is 0.496 e. The van der Waals surface area contributed by atoms with Crippen LogP contribution in [0, 0.1) is 0 Å². The van der Waals surface area contributed by atoms with E-state index < -0.39 is 0 Å². The molecule has 0 spiro atoms. The quantitative estimate of drug-likeness (QED) is 0.541. The molecule has 0 fully saturated rings. The molecule has 3 aromatic rings. The zero-order valence-corrected chi connectivity index (χ0v) is 14.0. The van der Waals surface area contributed by atoms with Gasteiger partial charge >= 0.3 is 0 Å². The van der Waals surface area contributed by atoms with E-state index in [-0.39, 0.29) is 0 Å². The summed E-state index contributed by atoms with van der Waals surface area (Å²) in [6.07, 6.45) is 0. The van der Waals surface area contributed by atoms with Crippen LogP contribution in [0.15, 0.2) is 40.9 Å². The van der Waals surface area contributed by atoms with Gasteiger partial charge in [0.25, 0.3) is 0 Å². The Balaban J connectivity index is 1.75. The Hall–Kier alpha value is -2.32. The van der Waals surface area contributed by atoms with Crippen molar-refractivity contribution in [3.05, 3.63) is 41.4 Å². The topological polar surface area (TPSA) is 99.9 Å². The number of thioether (sulfide) groups is 1. The first-order valence-electron chi connectivity index (χ1n) is 6.76. The van der Waals surface area contributed by atoms with Crippen LogP contribution in [0.4, 0.5) is 11.6 Å². The number of ether oxygens (including phenoxy) is 1. The lowest BCUT2D eigenvalue weighted by Crippen LogP contribution is -1.99. The molecule has 0 aliphatic rings. The van der Waals surface area contributed by atoms with Gasteiger partial charge in [0.05, 0.1) is 18.4 Å². The van der Waals surface area contributed by atoms with Gasteiger partial charge in [-0.3, -0.25) is 0 Å². The van der Waals surface area contributed by atoms with Crippen LogP contribution < -0.4 is 16.2 Å². The number of nitrogens with two attached hydrogens (primary N) is 2. The standard InChI is InChI=1S/C15H15N5OS2/c1-21-11-5-3-2-4-10(11)14-18-9(7-22-14)8-23-15-19-12(16)6-13(17)20-15/h2-7H,8H2,1H3,(H4,16,17,19,20). The van der Waals surface area contributed by atoms with Crippen molar-refractivity contribution in [1.29, 1.82) is 0 Å². The molecule has 6 nitrogen and oxygen atoms in total. The third kappa shape index (κ3) is 3.72. The monoisotopic (exact) mass is 345 g/mol. The molecule has 0 radical (unpaired) electrons. The number of rotatable bonds is 5. The van der Waals surface area contributed by atoms with E-state index in [2.05, 4.69) is 15.0 Å². The molecule has 0 amide bonds. The molecule has 8 heteroatoms. The van der Waals surface area contributed by atoms with Crippen molar-refractivity contribution in [3.63, 3.8) is 0 Å². The molecule has 0 unspecified atom stereocenters. The highest BCUT2D eigenvalue weighted by molar-refractivity contribution is 7.98. The second kappa shape index (κ2) is 6.84. The average Bonchev–Trinajstić information content (AvgIpc) is 3.01. The SMILES string of the molecule is COc1ccccc1-c1nc(CSc2nc(N)cc(N)n2)cs1. The molecule has 0 atom stereocenters. The van der Waals surface area contributed by atoms with Crippen LogP contribution >= 0.6 is 23.1 Å². The molecule has 1 aromatic carbocycles. The summed E-state index contributed by atoms with van der Waals surface area (Å²) in [6.45, 7) is 0. The van der Waals surface area contributed by atoms with Crippen molar-refractivity contribution in [1.82, 2.24) is 15.0 Å². The van der Waals surface area contributed by atoms with Crippen molar-refractivity contribution in [3.8, 4) is 16.3 Å². The highest BCUT2D eigenvalue weighted by atomic mass is 32.2. The summed E-state index contributed by atoms with van der Waals surface area (Å²) in [4.78, 5) is 12.9. The smallest absolute Gasteiger partial charge is 0.191 e. The van der Waals surface area contributed by atoms with Crippen LogP contribution in [0.5, 0.6) is 5.75 Å². The number of methoxy groups -OCH3 is 1. The van der Waals surface area contributed by atoms with Crippen molar-refractivity contribution in [2.45, 2.75) is 10.9 Å². The number of anilines is 2. The summed E-state index contributed by atoms with van der Waals surface area (Å²) in [5.74, 6) is 2.20. The highest BCUT2D eigenvalue weighted by Gasteiger charge is 2.10. The molecule has 0 bridgehead atoms. The molecule has 118 valence electrons. The van der Waals surface area contributed by atoms with E-state index in [4.69, 9.17) is 16.2 Å². The van der Waals surface area contributed by atoms with E-state index >= 15 is 0 Å². The first-order chi connectivity index (χ1) is 11.2. The summed E-state index contributed by atoms with van der Waals surface area (Å²) in [5.41, 5.74) is 13.3. The van der Waals surface area contributed by atoms with Gasteiger partial charge in [-0.25, -0.2) is 15.0 Å². The third-order valence-corrected chi connectivity index (χ3v) is 4.79. The number of thiazole rings is 1. The van der Waals surface area contributed by atoms with Crippen molar-refractivity contribution >= 4 is 34.7 Å². The van der Waals surface area contributed by atoms with Gasteiger partial charge in [-0.2, -0.15) is 0 Å². The Labute approximate surface area is 141 Å². The van der Waals surface area contributed by atoms with Crippen LogP contribution in [-0.4, -0.2) is 22.1 Å². The van der Waals surface area contributed by atoms with Crippen LogP contribution in [-0.2, 0) is 5.75 Å². The van der Waals surface area contributed by atoms with E-state index in [1.807, 2.05) is 29.6 Å². The van der Waals surface area contributed by atoms with E-state index in [0.717, 1.165) is 22.0 Å². The number of para-hydroxylation sites is 1. The Kier molecular flexibility index (Phi) is 4.63. The normalized spacial score (nSPS) is 10.7. The van der Waals surface area contributed by atoms with Crippen molar-refractivity contribution in [2.75, 3.05) is 18.6 Å². The molecule has 0 saturated heterocycles. The lowest BCUT2D eigenvalue weighted by Gasteiger charge is -2.04. The minimum Gasteiger partial charge on any atom is -0.496 e. The fourth-order valence-corrected chi connectivity index (χ4v) is 3.70. The zero-order chi connectivity index (χ0) is 16.2. The molecular formula is C15H15N5OS2. The molecule has 2 aromatic heterocycles. The summed E-state index contributed by atoms with van der Waals surface area (Å²) in [6, 6.07) is 9.36. The van der Waals surface area contributed by atoms with E-state index in [0.29, 0.717) is 22.5 Å². The Morgan fingerprint density at radius 2 is 1.87 bits per heavy atom. The molecular weight excluding hydrogens is 330 g/mol. The maximum atomic E-state index is 5.67. The number of nitrogens with zero attached hydrogens (tertiary/aromatic N) is 3. The predicted octanol–water partition coefficient (Wildman–Crippen LogP) is 3.07. The van der Waals surface area contributed by atoms with Crippen LogP contribution in [0.1, 0.15) is 5.69 Å². The number of benzene rings is 1. The maximum absolute atomic E-state index is 5.67. The molecule has 4 N–H and O–H groups in total. The van der Waals surface area contributed by atoms with Gasteiger partial charge in [-0.05, 0) is 12.1 Å². The summed E-state index contributed by atoms with van der Waals surface area (Å²) in [7, 11) is 1.66. The predicted molar refractivity (Wildman–Crippen MR) is 94.5 cm³/mol. The second-order valence-electron chi connectivity index (χ2n) is 4.63. The minimum absolute atomic E-state index is 0.369. The molecule has 3 rings (SSSR count). The molecule has 0 aliphatic carbocycles. The lowest BCUT2D eigenvalue weighted by atomic mass is 10.2. The molecule has 23 heavy (non-hydrogen) atoms. The number of aromatic nitrogens is 3. The van der Waals surface area contributed by atoms with Crippen LogP contribution in [0.25, 0.3) is 10.6 Å². The Morgan fingerprint density at radius 1 is 1.13 bits per heavy atom. The fraction of sp³-hybridized carbons (Fsp3) is 0.133. The van der Waals surface area contributed by atoms with Gasteiger partial charge in [-0.15, -0.1) is 11.3 Å². The van der Waals surface area contributed by atoms with E-state index in [1.54, 1.807) is 18.4 Å². The number of hydrogen-bond acceptors (Lipinski definition) is 8. The van der Waals surface area contributed by atoms with Gasteiger partial charge in [0, 0.05) is 17.2 Å². The number of nitrogen functional groups attached to an aromatic ring is 2. The van der Waals surface area contributed by atoms with Gasteiger partial charge in [-0.1, -0.05) is 23.9 Å². The Morgan fingerprint density at radius 3 is 2.61 bits per heavy atom. The first kappa shape index (κ1) is 15.6. The highest BCUT2D eigenvalue weighted by Crippen LogP contribution is 2.33. The van der Waals surface area contributed by atoms with Crippen molar-refractivity contribution < 1.29 is 4.74 Å². The van der Waals surface area contributed by atoms with Gasteiger partial charge < -0.3 is 16.2 Å². The van der Waals surface area contributed by atoms with Gasteiger partial charge in [0.2, 0.25) is 0 Å². The van der Waals surface area contributed by atoms with Gasteiger partial charge in [0.15, 0.2) is 5.16 Å². The fourth-order valence-electron chi connectivity index (χ4n) is 1.98. The summed E-state index contributed by atoms with van der Waals surface area (Å²) >= 11 is 3.03. The first-order valence-corrected chi connectivity index (χ1v) is 8.63. The summed E-state index contributed by atoms with van der Waals surface area (Å²) in [5, 5.41) is 3.49. The third-order valence-electron chi connectivity index (χ3n) is 2.98. The molecule has 0 saturated carbocycles. The van der Waals surface area contributed by atoms with E-state index in [1.165, 1.54) is 17.8 Å². The zero-order valence-electron chi connectivity index (χ0n) is 12.4. The molecule has 2 heterocycles. The van der Waals surface area contributed by atoms with E-state index in [9.17, 15) is 0 Å². The van der Waals surface area contributed by atoms with Crippen LogP contribution in [0.3, 0.4) is 0 Å². The lowest BCUT2D eigenvalue weighted by molar-refractivity contribution is 0.416. The van der Waals surface area contributed by atoms with Crippen LogP contribution in [0.2, 0.25) is 0 Å². The minimum atomic E-state index is 0.369. The average molecular weight is 345 g/mol. The second-order valence-corrected chi connectivity index (χ2v) is 6.43. The van der Waals surface area contributed by atoms with Gasteiger partial charge in [0.1, 0.15) is 22.4 Å².